The summed E-state index contributed by atoms with van der Waals surface area (Å²) >= 11 is 1.09. The van der Waals surface area contributed by atoms with Gasteiger partial charge in [0.15, 0.2) is 11.4 Å². The molecule has 130 valence electrons. The molecule has 3 rings (SSSR count). The lowest BCUT2D eigenvalue weighted by atomic mass is 10.1. The molecule has 0 aliphatic carbocycles. The van der Waals surface area contributed by atoms with Gasteiger partial charge in [0.1, 0.15) is 16.9 Å². The highest BCUT2D eigenvalue weighted by Crippen LogP contribution is 2.28. The van der Waals surface area contributed by atoms with Crippen LogP contribution in [0.5, 0.6) is 0 Å². The maximum Gasteiger partial charge on any atom is 0.332 e. The molecule has 2 aromatic heterocycles. The second-order valence-corrected chi connectivity index (χ2v) is 6.83. The van der Waals surface area contributed by atoms with E-state index in [9.17, 15) is 14.4 Å². The number of hydrogen-bond donors (Lipinski definition) is 1. The molecule has 0 spiro atoms. The van der Waals surface area contributed by atoms with Crippen LogP contribution >= 0.6 is 11.8 Å². The Balaban J connectivity index is 1.95. The number of nitrogens with two attached hydrogens (primary N) is 1. The van der Waals surface area contributed by atoms with E-state index >= 15 is 0 Å². The summed E-state index contributed by atoms with van der Waals surface area (Å²) in [4.78, 5) is 41.2. The van der Waals surface area contributed by atoms with Gasteiger partial charge in [0.2, 0.25) is 0 Å². The lowest BCUT2D eigenvalue weighted by Crippen LogP contribution is -2.42. The van der Waals surface area contributed by atoms with Crippen LogP contribution < -0.4 is 17.0 Å². The van der Waals surface area contributed by atoms with Gasteiger partial charge >= 0.3 is 5.69 Å². The number of rotatable bonds is 4. The van der Waals surface area contributed by atoms with Crippen molar-refractivity contribution in [1.29, 1.82) is 0 Å². The van der Waals surface area contributed by atoms with Gasteiger partial charge in [0, 0.05) is 14.1 Å². The quantitative estimate of drug-likeness (QED) is 0.549. The molecule has 0 saturated carbocycles. The molecule has 3 aromatic rings. The van der Waals surface area contributed by atoms with Gasteiger partial charge in [-0.1, -0.05) is 23.9 Å². The summed E-state index contributed by atoms with van der Waals surface area (Å²) in [6.45, 7) is 1.63. The molecule has 9 heteroatoms. The van der Waals surface area contributed by atoms with E-state index in [1.165, 1.54) is 14.1 Å². The molecule has 8 nitrogen and oxygen atoms in total. The van der Waals surface area contributed by atoms with Crippen molar-refractivity contribution in [1.82, 2.24) is 14.1 Å². The summed E-state index contributed by atoms with van der Waals surface area (Å²) in [7, 11) is 2.71. The van der Waals surface area contributed by atoms with Crippen molar-refractivity contribution < 1.29 is 9.21 Å². The van der Waals surface area contributed by atoms with Crippen LogP contribution in [0, 0.1) is 0 Å². The van der Waals surface area contributed by atoms with Gasteiger partial charge in [-0.2, -0.15) is 0 Å². The number of thioether (sulfide) groups is 1. The Bertz CT molecular complexity index is 1060. The third-order valence-electron chi connectivity index (χ3n) is 3.88. The molecule has 0 bridgehead atoms. The van der Waals surface area contributed by atoms with Gasteiger partial charge in [-0.15, -0.1) is 0 Å². The number of hydrogen-bond acceptors (Lipinski definition) is 7. The summed E-state index contributed by atoms with van der Waals surface area (Å²) in [5.41, 5.74) is 5.62. The number of carbonyl (C=O) groups excluding carboxylic acids is 1. The Labute approximate surface area is 146 Å². The van der Waals surface area contributed by atoms with Gasteiger partial charge < -0.3 is 10.2 Å². The fourth-order valence-corrected chi connectivity index (χ4v) is 3.22. The van der Waals surface area contributed by atoms with Crippen molar-refractivity contribution in [2.75, 3.05) is 5.73 Å². The maximum atomic E-state index is 12.7. The minimum atomic E-state index is -0.712. The first kappa shape index (κ1) is 17.0. The normalized spacial score (nSPS) is 12.4. The number of Topliss-reactive ketones (excluding diaryl/α,β-unsaturated/α-hetero) is 1. The number of ketones is 1. The molecule has 2 N–H and O–H groups in total. The number of fused-ring (bicyclic) bond motifs is 1. The van der Waals surface area contributed by atoms with Crippen LogP contribution in [0.1, 0.15) is 17.3 Å². The summed E-state index contributed by atoms with van der Waals surface area (Å²) < 4.78 is 7.52. The fraction of sp³-hybridized carbons (Fsp3) is 0.250. The van der Waals surface area contributed by atoms with E-state index in [0.717, 1.165) is 20.9 Å². The van der Waals surface area contributed by atoms with Crippen molar-refractivity contribution in [3.8, 4) is 0 Å². The van der Waals surface area contributed by atoms with Crippen LogP contribution in [0.3, 0.4) is 0 Å². The van der Waals surface area contributed by atoms with Crippen LogP contribution in [-0.2, 0) is 14.1 Å². The molecule has 0 amide bonds. The molecule has 1 aromatic carbocycles. The minimum absolute atomic E-state index is 0.150. The summed E-state index contributed by atoms with van der Waals surface area (Å²) in [6, 6.07) is 7.24. The number of oxazole rings is 1. The second-order valence-electron chi connectivity index (χ2n) is 5.54. The van der Waals surface area contributed by atoms with Crippen LogP contribution in [-0.4, -0.2) is 25.2 Å². The van der Waals surface area contributed by atoms with E-state index in [0.29, 0.717) is 16.3 Å². The fourth-order valence-electron chi connectivity index (χ4n) is 2.40. The monoisotopic (exact) mass is 360 g/mol. The SMILES string of the molecule is C[C@@H](Sc1nc2ccccc2o1)C(=O)c1c(N)n(C)c(=O)n(C)c1=O. The molecule has 0 fully saturated rings. The number of aromatic nitrogens is 3. The largest absolute Gasteiger partial charge is 0.431 e. The first-order chi connectivity index (χ1) is 11.8. The molecule has 2 heterocycles. The zero-order valence-corrected chi connectivity index (χ0v) is 14.7. The van der Waals surface area contributed by atoms with Gasteiger partial charge in [-0.3, -0.25) is 18.7 Å². The van der Waals surface area contributed by atoms with E-state index in [2.05, 4.69) is 4.98 Å². The number of para-hydroxylation sites is 2. The molecule has 0 radical (unpaired) electrons. The molecule has 0 aliphatic rings. The number of benzene rings is 1. The molecular formula is C16H16N4O4S. The molecular weight excluding hydrogens is 344 g/mol. The third-order valence-corrected chi connectivity index (χ3v) is 4.82. The summed E-state index contributed by atoms with van der Waals surface area (Å²) in [5, 5.41) is -0.345. The van der Waals surface area contributed by atoms with Gasteiger partial charge in [-0.25, -0.2) is 9.78 Å². The topological polar surface area (TPSA) is 113 Å². The molecule has 0 aliphatic heterocycles. The van der Waals surface area contributed by atoms with Crippen molar-refractivity contribution >= 4 is 34.5 Å². The van der Waals surface area contributed by atoms with Crippen LogP contribution in [0.2, 0.25) is 0 Å². The van der Waals surface area contributed by atoms with Crippen molar-refractivity contribution in [3.63, 3.8) is 0 Å². The third kappa shape index (κ3) is 2.86. The predicted molar refractivity (Wildman–Crippen MR) is 95.0 cm³/mol. The van der Waals surface area contributed by atoms with E-state index in [1.807, 2.05) is 12.1 Å². The first-order valence-corrected chi connectivity index (χ1v) is 8.31. The van der Waals surface area contributed by atoms with Gasteiger partial charge in [-0.05, 0) is 19.1 Å². The maximum absolute atomic E-state index is 12.7. The molecule has 1 atom stereocenters. The Kier molecular flexibility index (Phi) is 4.25. The van der Waals surface area contributed by atoms with Gasteiger partial charge in [0.05, 0.1) is 5.25 Å². The van der Waals surface area contributed by atoms with Crippen LogP contribution in [0.15, 0.2) is 43.5 Å². The summed E-state index contributed by atoms with van der Waals surface area (Å²) in [6.07, 6.45) is 0. The van der Waals surface area contributed by atoms with Crippen molar-refractivity contribution in [2.45, 2.75) is 17.4 Å². The first-order valence-electron chi connectivity index (χ1n) is 7.43. The zero-order chi connectivity index (χ0) is 18.3. The lowest BCUT2D eigenvalue weighted by Gasteiger charge is -2.13. The predicted octanol–water partition coefficient (Wildman–Crippen LogP) is 1.17. The van der Waals surface area contributed by atoms with E-state index in [4.69, 9.17) is 10.2 Å². The highest BCUT2D eigenvalue weighted by molar-refractivity contribution is 8.00. The number of carbonyl (C=O) groups is 1. The average Bonchev–Trinajstić information content (AvgIpc) is 3.00. The van der Waals surface area contributed by atoms with Crippen molar-refractivity contribution in [2.24, 2.45) is 14.1 Å². The smallest absolute Gasteiger partial charge is 0.332 e. The molecule has 0 unspecified atom stereocenters. The number of nitrogen functional groups attached to an aromatic ring is 1. The van der Waals surface area contributed by atoms with Crippen LogP contribution in [0.4, 0.5) is 5.82 Å². The lowest BCUT2D eigenvalue weighted by molar-refractivity contribution is 0.0991. The number of anilines is 1. The second kappa shape index (κ2) is 6.25. The molecule has 0 saturated heterocycles. The number of nitrogens with zero attached hydrogens (tertiary/aromatic N) is 3. The Morgan fingerprint density at radius 1 is 1.24 bits per heavy atom. The Morgan fingerprint density at radius 2 is 1.92 bits per heavy atom. The molecule has 25 heavy (non-hydrogen) atoms. The van der Waals surface area contributed by atoms with Crippen LogP contribution in [0.25, 0.3) is 11.1 Å². The highest BCUT2D eigenvalue weighted by atomic mass is 32.2. The average molecular weight is 360 g/mol. The zero-order valence-electron chi connectivity index (χ0n) is 13.8. The standard InChI is InChI=1S/C16H16N4O4S/c1-8(25-15-18-9-6-4-5-7-10(9)24-15)12(21)11-13(17)19(2)16(23)20(3)14(11)22/h4-8H,17H2,1-3H3/t8-/m1/s1. The minimum Gasteiger partial charge on any atom is -0.431 e. The van der Waals surface area contributed by atoms with Gasteiger partial charge in [0.25, 0.3) is 10.8 Å². The highest BCUT2D eigenvalue weighted by Gasteiger charge is 2.26. The Hall–Kier alpha value is -2.81. The summed E-state index contributed by atoms with van der Waals surface area (Å²) in [5.74, 6) is -0.635. The van der Waals surface area contributed by atoms with E-state index in [1.54, 1.807) is 19.1 Å². The van der Waals surface area contributed by atoms with Crippen molar-refractivity contribution in [3.05, 3.63) is 50.7 Å². The Morgan fingerprint density at radius 3 is 2.60 bits per heavy atom. The van der Waals surface area contributed by atoms with E-state index < -0.39 is 22.3 Å². The van der Waals surface area contributed by atoms with E-state index in [-0.39, 0.29) is 11.4 Å².